The van der Waals surface area contributed by atoms with Crippen LogP contribution in [0.2, 0.25) is 0 Å². The first kappa shape index (κ1) is 19.2. The number of esters is 1. The number of amides is 2. The van der Waals surface area contributed by atoms with Gasteiger partial charge in [-0.2, -0.15) is 0 Å². The molecule has 0 unspecified atom stereocenters. The smallest absolute Gasteiger partial charge is 0.338 e. The molecular formula is C18H20N2O6. The number of ether oxygens (including phenoxy) is 2. The van der Waals surface area contributed by atoms with Crippen LogP contribution >= 0.6 is 0 Å². The van der Waals surface area contributed by atoms with E-state index in [2.05, 4.69) is 10.6 Å². The highest BCUT2D eigenvalue weighted by Gasteiger charge is 2.18. The van der Waals surface area contributed by atoms with Gasteiger partial charge in [0.15, 0.2) is 11.9 Å². The van der Waals surface area contributed by atoms with Crippen molar-refractivity contribution in [2.45, 2.75) is 13.0 Å². The summed E-state index contributed by atoms with van der Waals surface area (Å²) in [6.07, 6.45) is 0.471. The van der Waals surface area contributed by atoms with Gasteiger partial charge in [-0.15, -0.1) is 0 Å². The zero-order chi connectivity index (χ0) is 18.9. The number of anilines is 1. The summed E-state index contributed by atoms with van der Waals surface area (Å²) in [4.78, 5) is 35.7. The second kappa shape index (κ2) is 9.38. The largest absolute Gasteiger partial charge is 0.459 e. The number of carbonyl (C=O) groups is 3. The van der Waals surface area contributed by atoms with Crippen molar-refractivity contribution >= 4 is 23.5 Å². The van der Waals surface area contributed by atoms with Crippen molar-refractivity contribution in [2.24, 2.45) is 0 Å². The third-order valence-corrected chi connectivity index (χ3v) is 3.38. The Balaban J connectivity index is 1.87. The van der Waals surface area contributed by atoms with Crippen LogP contribution in [0.1, 0.15) is 27.8 Å². The number of nitrogens with one attached hydrogen (secondary N) is 2. The van der Waals surface area contributed by atoms with Gasteiger partial charge in [-0.3, -0.25) is 9.59 Å². The molecular weight excluding hydrogens is 340 g/mol. The van der Waals surface area contributed by atoms with Crippen molar-refractivity contribution in [3.05, 3.63) is 54.0 Å². The maximum Gasteiger partial charge on any atom is 0.338 e. The summed E-state index contributed by atoms with van der Waals surface area (Å²) in [6.45, 7) is 2.19. The Bertz CT molecular complexity index is 740. The third kappa shape index (κ3) is 5.45. The molecule has 0 aliphatic carbocycles. The van der Waals surface area contributed by atoms with E-state index in [-0.39, 0.29) is 11.3 Å². The third-order valence-electron chi connectivity index (χ3n) is 3.38. The number of rotatable bonds is 8. The lowest BCUT2D eigenvalue weighted by atomic mass is 10.2. The Morgan fingerprint density at radius 1 is 1.15 bits per heavy atom. The zero-order valence-electron chi connectivity index (χ0n) is 14.5. The van der Waals surface area contributed by atoms with Crippen LogP contribution in [0.25, 0.3) is 0 Å². The standard InChI is InChI=1S/C18H20N2O6/c1-12(16(21)19-9-11-24-2)26-18(23)13-5-7-14(8-6-13)20-17(22)15-4-3-10-25-15/h3-8,10,12H,9,11H2,1-2H3,(H,19,21)(H,20,22)/t12-/m1/s1. The van der Waals surface area contributed by atoms with Crippen molar-refractivity contribution in [3.8, 4) is 0 Å². The van der Waals surface area contributed by atoms with Gasteiger partial charge in [0.25, 0.3) is 11.8 Å². The van der Waals surface area contributed by atoms with Gasteiger partial charge in [0.2, 0.25) is 0 Å². The van der Waals surface area contributed by atoms with Crippen LogP contribution in [0.15, 0.2) is 47.1 Å². The second-order valence-corrected chi connectivity index (χ2v) is 5.34. The first-order valence-corrected chi connectivity index (χ1v) is 7.94. The summed E-state index contributed by atoms with van der Waals surface area (Å²) < 4.78 is 14.9. The van der Waals surface area contributed by atoms with Gasteiger partial charge in [-0.05, 0) is 43.3 Å². The zero-order valence-corrected chi connectivity index (χ0v) is 14.5. The first-order valence-electron chi connectivity index (χ1n) is 7.94. The average molecular weight is 360 g/mol. The maximum atomic E-state index is 12.1. The van der Waals surface area contributed by atoms with Crippen LogP contribution in [-0.2, 0) is 14.3 Å². The molecule has 0 aliphatic heterocycles. The fourth-order valence-corrected chi connectivity index (χ4v) is 1.99. The maximum absolute atomic E-state index is 12.1. The summed E-state index contributed by atoms with van der Waals surface area (Å²) in [5.74, 6) is -1.26. The topological polar surface area (TPSA) is 107 Å². The average Bonchev–Trinajstić information content (AvgIpc) is 3.17. The van der Waals surface area contributed by atoms with Gasteiger partial charge in [-0.1, -0.05) is 0 Å². The molecule has 8 heteroatoms. The van der Waals surface area contributed by atoms with E-state index in [1.54, 1.807) is 24.3 Å². The first-order chi connectivity index (χ1) is 12.5. The fourth-order valence-electron chi connectivity index (χ4n) is 1.99. The van der Waals surface area contributed by atoms with Crippen molar-refractivity contribution in [1.82, 2.24) is 5.32 Å². The number of methoxy groups -OCH3 is 1. The number of hydrogen-bond acceptors (Lipinski definition) is 6. The van der Waals surface area contributed by atoms with Crippen LogP contribution < -0.4 is 10.6 Å². The molecule has 1 atom stereocenters. The predicted octanol–water partition coefficient (Wildman–Crippen LogP) is 1.84. The summed E-state index contributed by atoms with van der Waals surface area (Å²) in [7, 11) is 1.52. The van der Waals surface area contributed by atoms with Crippen LogP contribution in [-0.4, -0.2) is 44.1 Å². The molecule has 1 heterocycles. The monoisotopic (exact) mass is 360 g/mol. The van der Waals surface area contributed by atoms with E-state index in [1.807, 2.05) is 0 Å². The lowest BCUT2D eigenvalue weighted by Crippen LogP contribution is -2.37. The molecule has 138 valence electrons. The molecule has 1 aromatic carbocycles. The molecule has 2 rings (SSSR count). The van der Waals surface area contributed by atoms with Crippen LogP contribution in [0, 0.1) is 0 Å². The fraction of sp³-hybridized carbons (Fsp3) is 0.278. The molecule has 0 fully saturated rings. The highest BCUT2D eigenvalue weighted by Crippen LogP contribution is 2.13. The Kier molecular flexibility index (Phi) is 6.92. The molecule has 0 radical (unpaired) electrons. The molecule has 0 saturated carbocycles. The van der Waals surface area contributed by atoms with Gasteiger partial charge in [0, 0.05) is 19.3 Å². The Labute approximate surface area is 150 Å². The Morgan fingerprint density at radius 3 is 2.50 bits per heavy atom. The van der Waals surface area contributed by atoms with Gasteiger partial charge in [-0.25, -0.2) is 4.79 Å². The van der Waals surface area contributed by atoms with Crippen molar-refractivity contribution in [3.63, 3.8) is 0 Å². The molecule has 2 N–H and O–H groups in total. The predicted molar refractivity (Wildman–Crippen MR) is 92.9 cm³/mol. The van der Waals surface area contributed by atoms with E-state index < -0.39 is 23.9 Å². The van der Waals surface area contributed by atoms with E-state index in [1.165, 1.54) is 32.4 Å². The molecule has 2 aromatic rings. The molecule has 2 amide bonds. The molecule has 8 nitrogen and oxygen atoms in total. The minimum Gasteiger partial charge on any atom is -0.459 e. The van der Waals surface area contributed by atoms with Crippen molar-refractivity contribution in [1.29, 1.82) is 0 Å². The number of hydrogen-bond donors (Lipinski definition) is 2. The minimum absolute atomic E-state index is 0.182. The summed E-state index contributed by atoms with van der Waals surface area (Å²) >= 11 is 0. The van der Waals surface area contributed by atoms with Gasteiger partial charge >= 0.3 is 5.97 Å². The summed E-state index contributed by atoms with van der Waals surface area (Å²) in [5, 5.41) is 5.22. The highest BCUT2D eigenvalue weighted by atomic mass is 16.5. The summed E-state index contributed by atoms with van der Waals surface area (Å²) in [5.41, 5.74) is 0.755. The molecule has 0 saturated heterocycles. The normalized spacial score (nSPS) is 11.5. The van der Waals surface area contributed by atoms with E-state index in [4.69, 9.17) is 13.9 Å². The summed E-state index contributed by atoms with van der Waals surface area (Å²) in [6, 6.07) is 9.26. The van der Waals surface area contributed by atoms with Gasteiger partial charge < -0.3 is 24.5 Å². The molecule has 0 aliphatic rings. The number of benzene rings is 1. The van der Waals surface area contributed by atoms with Gasteiger partial charge in [0.05, 0.1) is 18.4 Å². The molecule has 26 heavy (non-hydrogen) atoms. The van der Waals surface area contributed by atoms with Crippen LogP contribution in [0.5, 0.6) is 0 Å². The van der Waals surface area contributed by atoms with E-state index in [0.717, 1.165) is 0 Å². The van der Waals surface area contributed by atoms with E-state index in [0.29, 0.717) is 18.8 Å². The SMILES string of the molecule is COCCNC(=O)[C@@H](C)OC(=O)c1ccc(NC(=O)c2ccco2)cc1. The van der Waals surface area contributed by atoms with Crippen molar-refractivity contribution in [2.75, 3.05) is 25.6 Å². The van der Waals surface area contributed by atoms with E-state index >= 15 is 0 Å². The van der Waals surface area contributed by atoms with Crippen LogP contribution in [0.4, 0.5) is 5.69 Å². The Hall–Kier alpha value is -3.13. The lowest BCUT2D eigenvalue weighted by Gasteiger charge is -2.13. The molecule has 0 bridgehead atoms. The Morgan fingerprint density at radius 2 is 1.88 bits per heavy atom. The van der Waals surface area contributed by atoms with Crippen molar-refractivity contribution < 1.29 is 28.3 Å². The van der Waals surface area contributed by atoms with Crippen LogP contribution in [0.3, 0.4) is 0 Å². The van der Waals surface area contributed by atoms with Gasteiger partial charge in [0.1, 0.15) is 0 Å². The molecule has 1 aromatic heterocycles. The second-order valence-electron chi connectivity index (χ2n) is 5.34. The molecule has 0 spiro atoms. The highest BCUT2D eigenvalue weighted by molar-refractivity contribution is 6.02. The lowest BCUT2D eigenvalue weighted by molar-refractivity contribution is -0.129. The number of carbonyl (C=O) groups excluding carboxylic acids is 3. The van der Waals surface area contributed by atoms with E-state index in [9.17, 15) is 14.4 Å². The minimum atomic E-state index is -0.933. The quantitative estimate of drug-likeness (QED) is 0.549. The number of furan rings is 1.